The van der Waals surface area contributed by atoms with Crippen molar-refractivity contribution in [3.05, 3.63) is 30.1 Å². The van der Waals surface area contributed by atoms with Crippen LogP contribution in [-0.4, -0.2) is 62.2 Å². The zero-order valence-corrected chi connectivity index (χ0v) is 22.2. The Morgan fingerprint density at radius 3 is 1.72 bits per heavy atom. The fourth-order valence-corrected chi connectivity index (χ4v) is 2.55. The van der Waals surface area contributed by atoms with Crippen LogP contribution in [0.25, 0.3) is 0 Å². The first-order valence-corrected chi connectivity index (χ1v) is 11.9. The van der Waals surface area contributed by atoms with Crippen LogP contribution in [0, 0.1) is 20.5 Å². The van der Waals surface area contributed by atoms with Crippen LogP contribution in [0.15, 0.2) is 24.4 Å². The number of halogens is 2. The minimum Gasteiger partial charge on any atom is -0.315 e. The van der Waals surface area contributed by atoms with E-state index in [9.17, 15) is 0 Å². The van der Waals surface area contributed by atoms with E-state index in [0.29, 0.717) is 0 Å². The van der Waals surface area contributed by atoms with Crippen molar-refractivity contribution < 1.29 is 77.2 Å². The maximum Gasteiger partial charge on any atom is 2.00 e. The monoisotopic (exact) mass is 553 g/mol. The fourth-order valence-electron chi connectivity index (χ4n) is 2.55. The second kappa shape index (κ2) is 20.3. The summed E-state index contributed by atoms with van der Waals surface area (Å²) in [4.78, 5) is 6.94. The Morgan fingerprint density at radius 2 is 1.22 bits per heavy atom. The largest absolute Gasteiger partial charge is 2.00 e. The molecule has 1 aliphatic rings. The molecular weight excluding hydrogens is 526 g/mol. The van der Waals surface area contributed by atoms with E-state index < -0.39 is 20.5 Å². The molecule has 0 spiro atoms. The number of nitrogens with zero attached hydrogens (tertiary/aromatic N) is 2. The Balaban J connectivity index is 0. The van der Waals surface area contributed by atoms with Crippen LogP contribution in [0.1, 0.15) is 18.5 Å². The van der Waals surface area contributed by atoms with Gasteiger partial charge in [0.05, 0.1) is 5.69 Å². The molecule has 32 heavy (non-hydrogen) atoms. The van der Waals surface area contributed by atoms with Gasteiger partial charge < -0.3 is 16.0 Å². The first-order chi connectivity index (χ1) is 14.4. The molecular formula is C16H29Cl2N5O8Zn. The molecule has 2 rings (SSSR count). The summed E-state index contributed by atoms with van der Waals surface area (Å²) in [7, 11) is -9.89. The summed E-state index contributed by atoms with van der Waals surface area (Å²) in [6.07, 6.45) is 4.26. The first-order valence-electron chi connectivity index (χ1n) is 9.43. The van der Waals surface area contributed by atoms with Gasteiger partial charge in [-0.3, -0.25) is 9.88 Å². The molecule has 0 aromatic carbocycles. The summed E-state index contributed by atoms with van der Waals surface area (Å²) in [5.41, 5.74) is 1.16. The zero-order chi connectivity index (χ0) is 23.6. The van der Waals surface area contributed by atoms with Crippen LogP contribution in [0.2, 0.25) is 0 Å². The van der Waals surface area contributed by atoms with Crippen LogP contribution >= 0.6 is 0 Å². The molecule has 2 heterocycles. The standard InChI is InChI=1S/C16H29N5.2ClHO4.Zn/c1-2-9-20-16(5-1)15-21-13-4-8-18-11-10-17-6-3-7-19-12-14-21;2*2-1(3,4)5;/h1-2,5,9,17-19H,3-4,6-8,10-15H2;2*(H,2,3,4,5);/q;;;+2/p-2. The molecule has 0 unspecified atom stereocenters. The number of rotatable bonds is 2. The van der Waals surface area contributed by atoms with Crippen molar-refractivity contribution in [2.24, 2.45) is 0 Å². The molecule has 0 radical (unpaired) electrons. The fraction of sp³-hybridized carbons (Fsp3) is 0.688. The van der Waals surface area contributed by atoms with E-state index in [1.165, 1.54) is 12.8 Å². The quantitative estimate of drug-likeness (QED) is 0.288. The van der Waals surface area contributed by atoms with Gasteiger partial charge in [0.15, 0.2) is 0 Å². The van der Waals surface area contributed by atoms with Gasteiger partial charge in [0.2, 0.25) is 0 Å². The molecule has 13 nitrogen and oxygen atoms in total. The Morgan fingerprint density at radius 1 is 0.719 bits per heavy atom. The number of aromatic nitrogens is 1. The van der Waals surface area contributed by atoms with Gasteiger partial charge in [-0.15, -0.1) is 20.5 Å². The molecule has 0 aliphatic carbocycles. The molecule has 0 amide bonds. The third kappa shape index (κ3) is 32.1. The number of hydrogen-bond donors (Lipinski definition) is 3. The van der Waals surface area contributed by atoms with E-state index in [0.717, 1.165) is 64.6 Å². The summed E-state index contributed by atoms with van der Waals surface area (Å²) in [5, 5.41) is 10.5. The zero-order valence-electron chi connectivity index (χ0n) is 17.7. The number of hydrogen-bond acceptors (Lipinski definition) is 13. The van der Waals surface area contributed by atoms with E-state index in [2.05, 4.69) is 38.0 Å². The van der Waals surface area contributed by atoms with E-state index in [1.807, 2.05) is 12.3 Å². The maximum absolute atomic E-state index is 8.49. The van der Waals surface area contributed by atoms with Crippen molar-refractivity contribution in [2.45, 2.75) is 19.4 Å². The van der Waals surface area contributed by atoms with Gasteiger partial charge in [0, 0.05) is 38.9 Å². The van der Waals surface area contributed by atoms with Crippen molar-refractivity contribution in [1.29, 1.82) is 0 Å². The average Bonchev–Trinajstić information content (AvgIpc) is 2.63. The van der Waals surface area contributed by atoms with E-state index in [4.69, 9.17) is 37.3 Å². The first kappa shape index (κ1) is 34.0. The number of pyridine rings is 1. The van der Waals surface area contributed by atoms with Crippen molar-refractivity contribution >= 4 is 0 Å². The molecule has 0 bridgehead atoms. The van der Waals surface area contributed by atoms with Crippen LogP contribution < -0.4 is 53.2 Å². The summed E-state index contributed by atoms with van der Waals surface area (Å²) >= 11 is 0. The predicted octanol–water partition coefficient (Wildman–Crippen LogP) is -9.07. The average molecular weight is 556 g/mol. The van der Waals surface area contributed by atoms with Crippen LogP contribution in [0.5, 0.6) is 0 Å². The summed E-state index contributed by atoms with van der Waals surface area (Å²) in [6.45, 7) is 9.64. The topological polar surface area (TPSA) is 237 Å². The van der Waals surface area contributed by atoms with E-state index >= 15 is 0 Å². The predicted molar refractivity (Wildman–Crippen MR) is 87.4 cm³/mol. The van der Waals surface area contributed by atoms with Crippen LogP contribution in [-0.2, 0) is 26.0 Å². The van der Waals surface area contributed by atoms with Crippen molar-refractivity contribution in [3.8, 4) is 0 Å². The molecule has 1 aromatic rings. The third-order valence-electron chi connectivity index (χ3n) is 3.73. The van der Waals surface area contributed by atoms with Gasteiger partial charge in [0.1, 0.15) is 0 Å². The molecule has 182 valence electrons. The Hall–Kier alpha value is -0.127. The van der Waals surface area contributed by atoms with Gasteiger partial charge in [0.25, 0.3) is 0 Å². The second-order valence-electron chi connectivity index (χ2n) is 6.31. The molecule has 0 atom stereocenters. The maximum atomic E-state index is 8.49. The third-order valence-corrected chi connectivity index (χ3v) is 3.73. The molecule has 1 fully saturated rings. The van der Waals surface area contributed by atoms with Gasteiger partial charge >= 0.3 is 19.5 Å². The Labute approximate surface area is 204 Å². The normalized spacial score (nSPS) is 17.4. The minimum atomic E-state index is -4.94. The summed E-state index contributed by atoms with van der Waals surface area (Å²) < 4.78 is 67.9. The van der Waals surface area contributed by atoms with Crippen molar-refractivity contribution in [1.82, 2.24) is 25.8 Å². The van der Waals surface area contributed by atoms with Gasteiger partial charge in [-0.1, -0.05) is 6.07 Å². The summed E-state index contributed by atoms with van der Waals surface area (Å²) in [6, 6.07) is 6.16. The van der Waals surface area contributed by atoms with Gasteiger partial charge in [-0.2, -0.15) is 0 Å². The molecule has 1 aromatic heterocycles. The molecule has 16 heteroatoms. The molecule has 1 saturated heterocycles. The molecule has 3 N–H and O–H groups in total. The Bertz CT molecular complexity index is 505. The molecule has 1 aliphatic heterocycles. The van der Waals surface area contributed by atoms with Crippen molar-refractivity contribution in [2.75, 3.05) is 52.4 Å². The van der Waals surface area contributed by atoms with E-state index in [-0.39, 0.29) is 19.5 Å². The van der Waals surface area contributed by atoms with Gasteiger partial charge in [-0.25, -0.2) is 37.3 Å². The Kier molecular flexibility index (Phi) is 21.6. The second-order valence-corrected chi connectivity index (χ2v) is 7.82. The van der Waals surface area contributed by atoms with Gasteiger partial charge in [-0.05, 0) is 51.2 Å². The smallest absolute Gasteiger partial charge is 0.315 e. The summed E-state index contributed by atoms with van der Waals surface area (Å²) in [5.74, 6) is 0. The van der Waals surface area contributed by atoms with E-state index in [1.54, 1.807) is 0 Å². The number of nitrogens with one attached hydrogen (secondary N) is 3. The van der Waals surface area contributed by atoms with Crippen LogP contribution in [0.3, 0.4) is 0 Å². The van der Waals surface area contributed by atoms with Crippen molar-refractivity contribution in [3.63, 3.8) is 0 Å². The SMILES string of the molecule is [O-][Cl+3]([O-])([O-])[O-].[O-][Cl+3]([O-])([O-])[O-].[Zn+2].c1ccc(CN2CCCNCCNCCCNCC2)nc1. The van der Waals surface area contributed by atoms with Crippen LogP contribution in [0.4, 0.5) is 0 Å². The molecule has 0 saturated carbocycles. The minimum absolute atomic E-state index is 0.